The predicted molar refractivity (Wildman–Crippen MR) is 161 cm³/mol. The normalized spacial score (nSPS) is 16.2. The van der Waals surface area contributed by atoms with Crippen LogP contribution in [0.3, 0.4) is 0 Å². The highest BCUT2D eigenvalue weighted by Crippen LogP contribution is 2.40. The number of aliphatic hydroxyl groups is 3. The van der Waals surface area contributed by atoms with Gasteiger partial charge in [0.15, 0.2) is 6.29 Å². The Morgan fingerprint density at radius 2 is 1.56 bits per heavy atom. The largest absolute Gasteiger partial charge is 0.470 e. The second kappa shape index (κ2) is 21.7. The van der Waals surface area contributed by atoms with E-state index in [2.05, 4.69) is 26.2 Å². The van der Waals surface area contributed by atoms with Crippen LogP contribution in [0.25, 0.3) is 0 Å². The molecule has 39 heavy (non-hydrogen) atoms. The van der Waals surface area contributed by atoms with Crippen molar-refractivity contribution >= 4 is 7.82 Å². The summed E-state index contributed by atoms with van der Waals surface area (Å²) in [7, 11) is -4.61. The zero-order chi connectivity index (χ0) is 29.7. The van der Waals surface area contributed by atoms with E-state index in [1.54, 1.807) is 31.2 Å². The lowest BCUT2D eigenvalue weighted by atomic mass is 9.93. The molecule has 0 aliphatic heterocycles. The van der Waals surface area contributed by atoms with E-state index in [1.807, 2.05) is 43.4 Å². The number of phosphoric acid groups is 1. The zero-order valence-corrected chi connectivity index (χ0v) is 24.6. The third-order valence-corrected chi connectivity index (χ3v) is 6.61. The monoisotopic (exact) mass is 564 g/mol. The topological polar surface area (TPSA) is 127 Å². The summed E-state index contributed by atoms with van der Waals surface area (Å²) in [5, 5.41) is 28.2. The first kappa shape index (κ1) is 36.9. The van der Waals surface area contributed by atoms with Crippen LogP contribution >= 0.6 is 7.82 Å². The number of aliphatic hydroxyl groups excluding tert-OH is 2. The van der Waals surface area contributed by atoms with E-state index >= 15 is 0 Å². The second-order valence-electron chi connectivity index (χ2n) is 9.67. The minimum Gasteiger partial charge on any atom is -0.388 e. The fraction of sp³-hybridized carbons (Fsp3) is 0.484. The van der Waals surface area contributed by atoms with Crippen molar-refractivity contribution in [1.82, 2.24) is 0 Å². The molecule has 0 aliphatic rings. The Kier molecular flexibility index (Phi) is 20.5. The van der Waals surface area contributed by atoms with Crippen molar-refractivity contribution in [3.63, 3.8) is 0 Å². The van der Waals surface area contributed by atoms with E-state index in [9.17, 15) is 19.5 Å². The summed E-state index contributed by atoms with van der Waals surface area (Å²) in [5.74, 6) is -0.303. The zero-order valence-electron chi connectivity index (χ0n) is 23.7. The maximum atomic E-state index is 11.4. The molecule has 0 radical (unpaired) electrons. The molecule has 3 atom stereocenters. The molecule has 5 N–H and O–H groups in total. The lowest BCUT2D eigenvalue weighted by Gasteiger charge is -2.18. The molecular formula is C31H49O7P. The molecule has 0 saturated heterocycles. The van der Waals surface area contributed by atoms with Gasteiger partial charge in [0, 0.05) is 12.3 Å². The molecule has 0 aromatic carbocycles. The van der Waals surface area contributed by atoms with E-state index in [0.29, 0.717) is 24.8 Å². The van der Waals surface area contributed by atoms with Crippen molar-refractivity contribution < 1.29 is 34.2 Å². The van der Waals surface area contributed by atoms with Crippen molar-refractivity contribution in [3.8, 4) is 0 Å². The van der Waals surface area contributed by atoms with Gasteiger partial charge in [-0.3, -0.25) is 4.52 Å². The van der Waals surface area contributed by atoms with Crippen LogP contribution in [0.1, 0.15) is 72.1 Å². The van der Waals surface area contributed by atoms with Gasteiger partial charge in [0.1, 0.15) is 0 Å². The van der Waals surface area contributed by atoms with Crippen molar-refractivity contribution in [2.45, 2.75) is 90.6 Å². The lowest BCUT2D eigenvalue weighted by Crippen LogP contribution is -2.19. The van der Waals surface area contributed by atoms with Gasteiger partial charge in [-0.2, -0.15) is 0 Å². The van der Waals surface area contributed by atoms with Crippen LogP contribution in [0.4, 0.5) is 0 Å². The number of hydrogen-bond acceptors (Lipinski definition) is 5. The van der Waals surface area contributed by atoms with Crippen LogP contribution in [-0.2, 0) is 9.09 Å². The predicted octanol–water partition coefficient (Wildman–Crippen LogP) is 6.75. The molecule has 0 spiro atoms. The fourth-order valence-corrected chi connectivity index (χ4v) is 4.24. The lowest BCUT2D eigenvalue weighted by molar-refractivity contribution is -0.0403. The summed E-state index contributed by atoms with van der Waals surface area (Å²) in [5.41, 5.74) is 2.64. The van der Waals surface area contributed by atoms with E-state index in [4.69, 9.17) is 14.7 Å². The van der Waals surface area contributed by atoms with Crippen LogP contribution in [0.15, 0.2) is 96.7 Å². The van der Waals surface area contributed by atoms with Crippen LogP contribution in [0.5, 0.6) is 0 Å². The average molecular weight is 565 g/mol. The molecule has 0 bridgehead atoms. The molecule has 0 saturated carbocycles. The van der Waals surface area contributed by atoms with Gasteiger partial charge in [-0.1, -0.05) is 98.1 Å². The fourth-order valence-electron chi connectivity index (χ4n) is 3.63. The number of allylic oxidation sites excluding steroid dienone is 11. The highest BCUT2D eigenvalue weighted by atomic mass is 31.2. The Hall–Kier alpha value is -2.09. The van der Waals surface area contributed by atoms with Gasteiger partial charge in [-0.15, -0.1) is 0 Å². The molecular weight excluding hydrogens is 515 g/mol. The number of phosphoric ester groups is 1. The minimum absolute atomic E-state index is 0.0195. The van der Waals surface area contributed by atoms with Gasteiger partial charge in [0.25, 0.3) is 0 Å². The summed E-state index contributed by atoms with van der Waals surface area (Å²) in [6.07, 6.45) is 23.5. The maximum absolute atomic E-state index is 11.4. The number of hydrogen-bond donors (Lipinski definition) is 5. The van der Waals surface area contributed by atoms with Crippen LogP contribution in [0.2, 0.25) is 0 Å². The van der Waals surface area contributed by atoms with E-state index in [-0.39, 0.29) is 12.3 Å². The number of unbranched alkanes of at least 4 members (excludes halogenated alkanes) is 3. The van der Waals surface area contributed by atoms with Crippen LogP contribution in [-0.4, -0.2) is 43.6 Å². The molecule has 3 unspecified atom stereocenters. The van der Waals surface area contributed by atoms with E-state index in [0.717, 1.165) is 31.3 Å². The average Bonchev–Trinajstić information content (AvgIpc) is 2.84. The molecule has 0 fully saturated rings. The second-order valence-corrected chi connectivity index (χ2v) is 10.9. The smallest absolute Gasteiger partial charge is 0.388 e. The highest BCUT2D eigenvalue weighted by Gasteiger charge is 2.22. The first-order valence-electron chi connectivity index (χ1n) is 13.4. The first-order chi connectivity index (χ1) is 18.4. The Bertz CT molecular complexity index is 935. The Morgan fingerprint density at radius 3 is 2.21 bits per heavy atom. The first-order valence-corrected chi connectivity index (χ1v) is 15.0. The maximum Gasteiger partial charge on any atom is 0.470 e. The van der Waals surface area contributed by atoms with Crippen molar-refractivity contribution in [1.29, 1.82) is 0 Å². The Labute approximate surface area is 235 Å². The van der Waals surface area contributed by atoms with Crippen molar-refractivity contribution in [3.05, 3.63) is 96.7 Å². The highest BCUT2D eigenvalue weighted by molar-refractivity contribution is 7.46. The third-order valence-electron chi connectivity index (χ3n) is 6.08. The number of rotatable bonds is 21. The van der Waals surface area contributed by atoms with Gasteiger partial charge in [0.2, 0.25) is 0 Å². The summed E-state index contributed by atoms with van der Waals surface area (Å²) >= 11 is 0. The molecule has 0 heterocycles. The van der Waals surface area contributed by atoms with Crippen LogP contribution in [0, 0.1) is 5.92 Å². The molecule has 220 valence electrons. The van der Waals surface area contributed by atoms with E-state index < -0.39 is 26.3 Å². The van der Waals surface area contributed by atoms with Crippen LogP contribution < -0.4 is 0 Å². The van der Waals surface area contributed by atoms with Gasteiger partial charge in [0.05, 0.1) is 12.2 Å². The SMILES string of the molecule is C=CC=C(C)CCCCC=CC=C(C)C(CCCC=CC=CC=CC(O)C(C)C(=C)CC(O)O)OP(=O)(O)O. The molecule has 7 nitrogen and oxygen atoms in total. The Balaban J connectivity index is 4.61. The van der Waals surface area contributed by atoms with Gasteiger partial charge < -0.3 is 25.1 Å². The summed E-state index contributed by atoms with van der Waals surface area (Å²) in [6, 6.07) is 0. The quantitative estimate of drug-likeness (QED) is 0.0343. The van der Waals surface area contributed by atoms with Crippen molar-refractivity contribution in [2.75, 3.05) is 0 Å². The van der Waals surface area contributed by atoms with Gasteiger partial charge in [-0.25, -0.2) is 4.57 Å². The standard InChI is InChI=1S/C31H49O7P/c1-6-19-25(2)20-15-11-10-12-16-21-26(3)30(38-39(35,36)37)23-18-14-9-7-8-13-17-22-29(32)28(5)27(4)24-31(33)34/h6-9,12-13,16-17,19,21-22,28-34H,1,4,10-11,14-15,18,20,23-24H2,2-3,5H3,(H2,35,36,37). The molecule has 0 amide bonds. The molecule has 0 aromatic heterocycles. The van der Waals surface area contributed by atoms with Gasteiger partial charge >= 0.3 is 7.82 Å². The summed E-state index contributed by atoms with van der Waals surface area (Å²) in [6.45, 7) is 13.2. The van der Waals surface area contributed by atoms with E-state index in [1.165, 1.54) is 5.57 Å². The molecule has 8 heteroatoms. The summed E-state index contributed by atoms with van der Waals surface area (Å²) < 4.78 is 16.5. The Morgan fingerprint density at radius 1 is 0.923 bits per heavy atom. The molecule has 0 aliphatic carbocycles. The molecule has 0 aromatic rings. The summed E-state index contributed by atoms with van der Waals surface area (Å²) in [4.78, 5) is 18.6. The van der Waals surface area contributed by atoms with Gasteiger partial charge in [-0.05, 0) is 64.4 Å². The van der Waals surface area contributed by atoms with Crippen molar-refractivity contribution in [2.24, 2.45) is 5.92 Å². The minimum atomic E-state index is -4.61. The molecule has 0 rings (SSSR count). The third kappa shape index (κ3) is 21.4.